The summed E-state index contributed by atoms with van der Waals surface area (Å²) < 4.78 is 42.4. The van der Waals surface area contributed by atoms with E-state index in [2.05, 4.69) is 5.10 Å². The smallest absolute Gasteiger partial charge is 0.379 e. The molecule has 3 rings (SSSR count). The summed E-state index contributed by atoms with van der Waals surface area (Å²) in [6, 6.07) is 7.38. The van der Waals surface area contributed by atoms with Crippen LogP contribution in [0.25, 0.3) is 10.9 Å². The zero-order valence-electron chi connectivity index (χ0n) is 12.9. The van der Waals surface area contributed by atoms with Crippen LogP contribution < -0.4 is 0 Å². The van der Waals surface area contributed by atoms with E-state index in [4.69, 9.17) is 16.7 Å². The molecule has 0 aliphatic heterocycles. The third-order valence-corrected chi connectivity index (χ3v) is 4.26. The first-order valence-electron chi connectivity index (χ1n) is 7.23. The summed E-state index contributed by atoms with van der Waals surface area (Å²) >= 11 is 6.04. The van der Waals surface area contributed by atoms with Crippen molar-refractivity contribution in [2.45, 2.75) is 19.4 Å². The molecule has 1 heterocycles. The van der Waals surface area contributed by atoms with Crippen molar-refractivity contribution in [1.29, 1.82) is 0 Å². The monoisotopic (exact) mass is 368 g/mol. The van der Waals surface area contributed by atoms with Crippen molar-refractivity contribution >= 4 is 28.5 Å². The van der Waals surface area contributed by atoms with E-state index in [1.807, 2.05) is 0 Å². The van der Waals surface area contributed by atoms with Gasteiger partial charge in [-0.1, -0.05) is 23.7 Å². The van der Waals surface area contributed by atoms with Gasteiger partial charge >= 0.3 is 11.9 Å². The summed E-state index contributed by atoms with van der Waals surface area (Å²) in [6.45, 7) is 1.75. The average molecular weight is 369 g/mol. The minimum absolute atomic E-state index is 0.0586. The van der Waals surface area contributed by atoms with Crippen molar-refractivity contribution in [2.75, 3.05) is 0 Å². The van der Waals surface area contributed by atoms with E-state index < -0.39 is 23.3 Å². The van der Waals surface area contributed by atoms with Crippen molar-refractivity contribution in [3.8, 4) is 0 Å². The molecule has 0 amide bonds. The van der Waals surface area contributed by atoms with Crippen LogP contribution in [0.1, 0.15) is 16.8 Å². The standard InChI is InChI=1S/C17H12ClF3N2O2/c1-9-13-4-2-11(17(20,21)16(24)25)7-15(13)23(22-9)8-10-6-12(19)3-5-14(10)18/h2-7H,8H2,1H3,(H,24,25). The van der Waals surface area contributed by atoms with Gasteiger partial charge < -0.3 is 5.11 Å². The Hall–Kier alpha value is -2.54. The van der Waals surface area contributed by atoms with Crippen molar-refractivity contribution in [1.82, 2.24) is 9.78 Å². The van der Waals surface area contributed by atoms with Crippen LogP contribution in [-0.2, 0) is 17.3 Å². The second-order valence-electron chi connectivity index (χ2n) is 5.59. The third-order valence-electron chi connectivity index (χ3n) is 3.90. The maximum Gasteiger partial charge on any atom is 0.379 e. The fraction of sp³-hybridized carbons (Fsp3) is 0.176. The van der Waals surface area contributed by atoms with Gasteiger partial charge in [-0.2, -0.15) is 13.9 Å². The van der Waals surface area contributed by atoms with E-state index in [1.54, 1.807) is 6.92 Å². The Morgan fingerprint density at radius 3 is 2.68 bits per heavy atom. The van der Waals surface area contributed by atoms with E-state index in [0.29, 0.717) is 27.2 Å². The molecule has 3 aromatic rings. The van der Waals surface area contributed by atoms with Gasteiger partial charge in [-0.25, -0.2) is 9.18 Å². The Kier molecular flexibility index (Phi) is 4.20. The molecule has 0 aliphatic rings. The molecule has 1 aromatic heterocycles. The zero-order chi connectivity index (χ0) is 18.4. The first-order valence-corrected chi connectivity index (χ1v) is 7.60. The minimum Gasteiger partial charge on any atom is -0.477 e. The second kappa shape index (κ2) is 6.07. The Labute approximate surface area is 145 Å². The van der Waals surface area contributed by atoms with Crippen molar-refractivity contribution < 1.29 is 23.1 Å². The molecule has 4 nitrogen and oxygen atoms in total. The SMILES string of the molecule is Cc1nn(Cc2cc(F)ccc2Cl)c2cc(C(F)(F)C(=O)O)ccc12. The van der Waals surface area contributed by atoms with Crippen LogP contribution >= 0.6 is 11.6 Å². The predicted molar refractivity (Wildman–Crippen MR) is 86.5 cm³/mol. The predicted octanol–water partition coefficient (Wildman–Crippen LogP) is 4.36. The van der Waals surface area contributed by atoms with Gasteiger partial charge in [0.1, 0.15) is 5.82 Å². The summed E-state index contributed by atoms with van der Waals surface area (Å²) in [4.78, 5) is 10.8. The average Bonchev–Trinajstić information content (AvgIpc) is 2.86. The highest BCUT2D eigenvalue weighted by atomic mass is 35.5. The number of aryl methyl sites for hydroxylation is 1. The van der Waals surface area contributed by atoms with Gasteiger partial charge in [0, 0.05) is 16.0 Å². The van der Waals surface area contributed by atoms with E-state index in [9.17, 15) is 18.0 Å². The highest BCUT2D eigenvalue weighted by molar-refractivity contribution is 6.31. The van der Waals surface area contributed by atoms with E-state index in [0.717, 1.165) is 12.1 Å². The normalized spacial score (nSPS) is 11.9. The summed E-state index contributed by atoms with van der Waals surface area (Å²) in [5, 5.41) is 13.9. The number of benzene rings is 2. The molecular weight excluding hydrogens is 357 g/mol. The largest absolute Gasteiger partial charge is 0.477 e. The molecule has 2 aromatic carbocycles. The lowest BCUT2D eigenvalue weighted by Gasteiger charge is -2.12. The highest BCUT2D eigenvalue weighted by Crippen LogP contribution is 2.32. The molecule has 130 valence electrons. The Bertz CT molecular complexity index is 985. The molecule has 0 spiro atoms. The topological polar surface area (TPSA) is 55.1 Å². The Morgan fingerprint density at radius 2 is 2.00 bits per heavy atom. The second-order valence-corrected chi connectivity index (χ2v) is 6.00. The highest BCUT2D eigenvalue weighted by Gasteiger charge is 2.41. The van der Waals surface area contributed by atoms with Crippen LogP contribution in [0.3, 0.4) is 0 Å². The fourth-order valence-electron chi connectivity index (χ4n) is 2.61. The number of aromatic nitrogens is 2. The number of halogens is 4. The third kappa shape index (κ3) is 3.07. The maximum absolute atomic E-state index is 13.8. The molecule has 0 unspecified atom stereocenters. The van der Waals surface area contributed by atoms with Gasteiger partial charge in [0.05, 0.1) is 17.8 Å². The lowest BCUT2D eigenvalue weighted by molar-refractivity contribution is -0.166. The van der Waals surface area contributed by atoms with Crippen molar-refractivity contribution in [2.24, 2.45) is 0 Å². The first-order chi connectivity index (χ1) is 11.7. The number of carboxylic acid groups (broad SMARTS) is 1. The van der Waals surface area contributed by atoms with Gasteiger partial charge in [-0.15, -0.1) is 0 Å². The summed E-state index contributed by atoms with van der Waals surface area (Å²) in [7, 11) is 0. The number of alkyl halides is 2. The number of carboxylic acids is 1. The van der Waals surface area contributed by atoms with Gasteiger partial charge in [-0.05, 0) is 36.8 Å². The van der Waals surface area contributed by atoms with Gasteiger partial charge in [0.2, 0.25) is 0 Å². The lowest BCUT2D eigenvalue weighted by Crippen LogP contribution is -2.25. The molecule has 1 N–H and O–H groups in total. The number of aliphatic carboxylic acids is 1. The van der Waals surface area contributed by atoms with Gasteiger partial charge in [0.25, 0.3) is 0 Å². The quantitative estimate of drug-likeness (QED) is 0.744. The molecule has 0 saturated carbocycles. The molecule has 25 heavy (non-hydrogen) atoms. The summed E-state index contributed by atoms with van der Waals surface area (Å²) in [5.41, 5.74) is 0.671. The van der Waals surface area contributed by atoms with E-state index in [-0.39, 0.29) is 6.54 Å². The molecular formula is C17H12ClF3N2O2. The molecule has 0 fully saturated rings. The number of fused-ring (bicyclic) bond motifs is 1. The maximum atomic E-state index is 13.8. The van der Waals surface area contributed by atoms with Crippen LogP contribution in [0.15, 0.2) is 36.4 Å². The molecule has 0 atom stereocenters. The molecule has 0 aliphatic carbocycles. The summed E-state index contributed by atoms with van der Waals surface area (Å²) in [5.74, 6) is -6.73. The number of carbonyl (C=O) groups is 1. The molecule has 0 radical (unpaired) electrons. The number of hydrogen-bond acceptors (Lipinski definition) is 2. The van der Waals surface area contributed by atoms with Crippen LogP contribution in [0, 0.1) is 12.7 Å². The fourth-order valence-corrected chi connectivity index (χ4v) is 2.78. The number of hydrogen-bond donors (Lipinski definition) is 1. The van der Waals surface area contributed by atoms with Crippen LogP contribution in [0.4, 0.5) is 13.2 Å². The minimum atomic E-state index is -4.02. The Balaban J connectivity index is 2.12. The van der Waals surface area contributed by atoms with Crippen LogP contribution in [-0.4, -0.2) is 20.9 Å². The van der Waals surface area contributed by atoms with Gasteiger partial charge in [0.15, 0.2) is 0 Å². The number of nitrogens with zero attached hydrogens (tertiary/aromatic N) is 2. The Morgan fingerprint density at radius 1 is 1.28 bits per heavy atom. The number of rotatable bonds is 4. The van der Waals surface area contributed by atoms with Gasteiger partial charge in [-0.3, -0.25) is 4.68 Å². The van der Waals surface area contributed by atoms with E-state index >= 15 is 0 Å². The van der Waals surface area contributed by atoms with Crippen LogP contribution in [0.2, 0.25) is 5.02 Å². The van der Waals surface area contributed by atoms with E-state index in [1.165, 1.54) is 28.9 Å². The van der Waals surface area contributed by atoms with Crippen molar-refractivity contribution in [3.05, 3.63) is 64.1 Å². The molecule has 0 bridgehead atoms. The first kappa shape index (κ1) is 17.3. The molecule has 8 heteroatoms. The lowest BCUT2D eigenvalue weighted by atomic mass is 10.1. The molecule has 0 saturated heterocycles. The van der Waals surface area contributed by atoms with Crippen molar-refractivity contribution in [3.63, 3.8) is 0 Å². The zero-order valence-corrected chi connectivity index (χ0v) is 13.7. The summed E-state index contributed by atoms with van der Waals surface area (Å²) in [6.07, 6.45) is 0. The van der Waals surface area contributed by atoms with Crippen LogP contribution in [0.5, 0.6) is 0 Å².